The molecule has 0 saturated carbocycles. The Morgan fingerprint density at radius 1 is 1.39 bits per heavy atom. The number of aliphatic hydroxyl groups excluding tert-OH is 2. The average molecular weight is 415 g/mol. The zero-order chi connectivity index (χ0) is 20.5. The molecule has 13 nitrogen and oxygen atoms in total. The zero-order valence-electron chi connectivity index (χ0n) is 15.1. The van der Waals surface area contributed by atoms with Gasteiger partial charge in [0.15, 0.2) is 23.2 Å². The van der Waals surface area contributed by atoms with Crippen LogP contribution in [0.1, 0.15) is 13.2 Å². The van der Waals surface area contributed by atoms with E-state index in [1.54, 1.807) is 6.92 Å². The monoisotopic (exact) mass is 415 g/mol. The molecule has 5 atom stereocenters. The van der Waals surface area contributed by atoms with E-state index in [2.05, 4.69) is 30.1 Å². The van der Waals surface area contributed by atoms with Crippen molar-refractivity contribution in [2.75, 3.05) is 25.1 Å². The third kappa shape index (κ3) is 4.29. The molecule has 1 saturated heterocycles. The quantitative estimate of drug-likeness (QED) is 0.417. The lowest BCUT2D eigenvalue weighted by molar-refractivity contribution is -0.199. The number of aromatic nitrogens is 4. The number of fused-ring (bicyclic) bond motifs is 1. The largest absolute Gasteiger partial charge is 0.779 e. The van der Waals surface area contributed by atoms with E-state index in [1.165, 1.54) is 17.2 Å². The van der Waals surface area contributed by atoms with Crippen molar-refractivity contribution in [1.29, 1.82) is 0 Å². The van der Waals surface area contributed by atoms with Crippen molar-refractivity contribution in [2.45, 2.75) is 31.5 Å². The molecule has 1 fully saturated rings. The van der Waals surface area contributed by atoms with Gasteiger partial charge < -0.3 is 34.2 Å². The van der Waals surface area contributed by atoms with Crippen LogP contribution in [0.2, 0.25) is 0 Å². The number of urea groups is 1. The maximum atomic E-state index is 11.7. The second-order valence-corrected chi connectivity index (χ2v) is 7.95. The SMILES string of the molecule is CCNC(=O)Nc1ncnc2c1ncn2[C@@H]1O[C@H](COP(C)(=O)[O-])C(O)[C@@H]1O. The predicted octanol–water partition coefficient (Wildman–Crippen LogP) is -1.21. The lowest BCUT2D eigenvalue weighted by Crippen LogP contribution is -2.33. The van der Waals surface area contributed by atoms with Gasteiger partial charge in [0.25, 0.3) is 0 Å². The summed E-state index contributed by atoms with van der Waals surface area (Å²) in [6.07, 6.45) is -2.43. The highest BCUT2D eigenvalue weighted by atomic mass is 31.2. The number of nitrogens with zero attached hydrogens (tertiary/aromatic N) is 4. The zero-order valence-corrected chi connectivity index (χ0v) is 15.9. The maximum Gasteiger partial charge on any atom is 0.320 e. The normalized spacial score (nSPS) is 26.9. The maximum absolute atomic E-state index is 11.7. The second-order valence-electron chi connectivity index (χ2n) is 6.14. The second kappa shape index (κ2) is 8.07. The van der Waals surface area contributed by atoms with Gasteiger partial charge in [-0.2, -0.15) is 0 Å². The number of rotatable bonds is 6. The molecule has 154 valence electrons. The van der Waals surface area contributed by atoms with Crippen molar-refractivity contribution in [1.82, 2.24) is 24.8 Å². The molecule has 0 spiro atoms. The van der Waals surface area contributed by atoms with Gasteiger partial charge in [-0.05, 0) is 6.92 Å². The molecule has 2 aromatic rings. The highest BCUT2D eigenvalue weighted by Crippen LogP contribution is 2.36. The van der Waals surface area contributed by atoms with Crippen LogP contribution >= 0.6 is 7.60 Å². The first-order valence-electron chi connectivity index (χ1n) is 8.38. The number of amides is 2. The summed E-state index contributed by atoms with van der Waals surface area (Å²) in [5.74, 6) is 0.154. The van der Waals surface area contributed by atoms with E-state index in [-0.39, 0.29) is 17.0 Å². The van der Waals surface area contributed by atoms with Crippen LogP contribution in [0.4, 0.5) is 10.6 Å². The van der Waals surface area contributed by atoms with E-state index in [4.69, 9.17) is 4.74 Å². The molecule has 2 aromatic heterocycles. The predicted molar refractivity (Wildman–Crippen MR) is 93.4 cm³/mol. The number of hydrogen-bond donors (Lipinski definition) is 4. The van der Waals surface area contributed by atoms with E-state index in [9.17, 15) is 24.5 Å². The van der Waals surface area contributed by atoms with Gasteiger partial charge in [0.2, 0.25) is 0 Å². The summed E-state index contributed by atoms with van der Waals surface area (Å²) in [5.41, 5.74) is 0.487. The Hall–Kier alpha value is -2.15. The first-order valence-corrected chi connectivity index (χ1v) is 10.4. The lowest BCUT2D eigenvalue weighted by atomic mass is 10.1. The molecule has 1 aliphatic rings. The number of carbonyl (C=O) groups excluding carboxylic acids is 1. The summed E-state index contributed by atoms with van der Waals surface area (Å²) in [4.78, 5) is 35.1. The summed E-state index contributed by atoms with van der Waals surface area (Å²) in [7, 11) is -4.02. The number of nitrogens with one attached hydrogen (secondary N) is 2. The summed E-state index contributed by atoms with van der Waals surface area (Å²) in [5, 5.41) is 25.6. The number of imidazole rings is 1. The standard InChI is InChI=1S/C14H21N6O7P/c1-3-15-14(23)19-11-8-12(17-5-16-11)20(6-18-8)13-10(22)9(21)7(27-13)4-26-28(2,24)25/h5-7,9-10,13,21-22H,3-4H2,1-2H3,(H,24,25)(H2,15,16,17,19,23)/p-1/t7-,9?,10+,13-/m1/s1. The van der Waals surface area contributed by atoms with Crippen molar-refractivity contribution in [3.05, 3.63) is 12.7 Å². The lowest BCUT2D eigenvalue weighted by Gasteiger charge is -2.21. The number of anilines is 1. The third-order valence-electron chi connectivity index (χ3n) is 4.01. The molecular weight excluding hydrogens is 395 g/mol. The van der Waals surface area contributed by atoms with Crippen molar-refractivity contribution in [3.8, 4) is 0 Å². The smallest absolute Gasteiger partial charge is 0.320 e. The van der Waals surface area contributed by atoms with Crippen LogP contribution < -0.4 is 15.5 Å². The van der Waals surface area contributed by atoms with Crippen LogP contribution in [0.5, 0.6) is 0 Å². The molecule has 2 amide bonds. The highest BCUT2D eigenvalue weighted by Gasteiger charge is 2.44. The Morgan fingerprint density at radius 2 is 2.14 bits per heavy atom. The molecule has 0 aliphatic carbocycles. The molecule has 0 radical (unpaired) electrons. The van der Waals surface area contributed by atoms with Crippen molar-refractivity contribution in [2.24, 2.45) is 0 Å². The number of aliphatic hydroxyl groups is 2. The number of ether oxygens (including phenoxy) is 1. The minimum absolute atomic E-state index is 0.154. The van der Waals surface area contributed by atoms with Gasteiger partial charge in [-0.3, -0.25) is 9.88 Å². The van der Waals surface area contributed by atoms with Crippen LogP contribution in [-0.4, -0.2) is 73.9 Å². The molecule has 14 heteroatoms. The fourth-order valence-corrected chi connectivity index (χ4v) is 3.17. The van der Waals surface area contributed by atoms with E-state index in [0.717, 1.165) is 6.66 Å². The molecule has 1 aliphatic heterocycles. The Labute approximate surface area is 159 Å². The Morgan fingerprint density at radius 3 is 2.82 bits per heavy atom. The van der Waals surface area contributed by atoms with E-state index >= 15 is 0 Å². The van der Waals surface area contributed by atoms with Gasteiger partial charge in [-0.15, -0.1) is 0 Å². The van der Waals surface area contributed by atoms with Crippen molar-refractivity contribution in [3.63, 3.8) is 0 Å². The molecule has 2 unspecified atom stereocenters. The molecular formula is C14H20N6O7P-. The van der Waals surface area contributed by atoms with Gasteiger partial charge >= 0.3 is 6.03 Å². The van der Waals surface area contributed by atoms with Gasteiger partial charge in [0, 0.05) is 13.2 Å². The number of hydrogen-bond acceptors (Lipinski definition) is 10. The third-order valence-corrected chi connectivity index (χ3v) is 4.63. The molecule has 3 rings (SSSR count). The van der Waals surface area contributed by atoms with Gasteiger partial charge in [0.1, 0.15) is 32.2 Å². The van der Waals surface area contributed by atoms with E-state index < -0.39 is 44.8 Å². The Kier molecular flexibility index (Phi) is 5.93. The average Bonchev–Trinajstić information content (AvgIpc) is 3.16. The topological polar surface area (TPSA) is 184 Å². The Bertz CT molecular complexity index is 901. The van der Waals surface area contributed by atoms with Crippen molar-refractivity contribution < 1.29 is 33.7 Å². The van der Waals surface area contributed by atoms with Gasteiger partial charge in [-0.25, -0.2) is 19.7 Å². The van der Waals surface area contributed by atoms with Gasteiger partial charge in [-0.1, -0.05) is 0 Å². The van der Waals surface area contributed by atoms with E-state index in [1.807, 2.05) is 0 Å². The van der Waals surface area contributed by atoms with Crippen LogP contribution in [0.15, 0.2) is 12.7 Å². The summed E-state index contributed by atoms with van der Waals surface area (Å²) in [6.45, 7) is 2.63. The summed E-state index contributed by atoms with van der Waals surface area (Å²) in [6, 6.07) is -0.469. The molecule has 28 heavy (non-hydrogen) atoms. The van der Waals surface area contributed by atoms with Crippen molar-refractivity contribution >= 4 is 30.6 Å². The van der Waals surface area contributed by atoms with Crippen LogP contribution in [0.3, 0.4) is 0 Å². The summed E-state index contributed by atoms with van der Waals surface area (Å²) >= 11 is 0. The molecule has 0 aromatic carbocycles. The molecule has 3 heterocycles. The fourth-order valence-electron chi connectivity index (χ4n) is 2.75. The first kappa shape index (κ1) is 20.6. The van der Waals surface area contributed by atoms with Gasteiger partial charge in [0.05, 0.1) is 12.9 Å². The minimum Gasteiger partial charge on any atom is -0.779 e. The summed E-state index contributed by atoms with van der Waals surface area (Å²) < 4.78 is 22.8. The van der Waals surface area contributed by atoms with Crippen LogP contribution in [0, 0.1) is 0 Å². The minimum atomic E-state index is -4.02. The Balaban J connectivity index is 1.83. The molecule has 0 bridgehead atoms. The van der Waals surface area contributed by atoms with Crippen LogP contribution in [0.25, 0.3) is 11.2 Å². The van der Waals surface area contributed by atoms with E-state index in [0.29, 0.717) is 6.54 Å². The first-order chi connectivity index (χ1) is 13.2. The fraction of sp³-hybridized carbons (Fsp3) is 0.571. The molecule has 4 N–H and O–H groups in total. The highest BCUT2D eigenvalue weighted by molar-refractivity contribution is 7.50. The van der Waals surface area contributed by atoms with Crippen LogP contribution in [-0.2, 0) is 13.8 Å². The number of carbonyl (C=O) groups is 1.